The lowest BCUT2D eigenvalue weighted by Crippen LogP contribution is -2.42. The van der Waals surface area contributed by atoms with Gasteiger partial charge in [-0.2, -0.15) is 0 Å². The van der Waals surface area contributed by atoms with Crippen molar-refractivity contribution in [3.05, 3.63) is 83.8 Å². The highest BCUT2D eigenvalue weighted by molar-refractivity contribution is 8.14. The molecule has 0 unspecified atom stereocenters. The standard InChI is InChI=1S/C27H25N5O5S/c1-36-18-10-8-17(9-11-18)14-28-23(33)13-22-26(35)32-25(30-22)20-6-2-3-7-21(20)31-27(32)38-16-24(34)29-15-19-5-4-12-37-19/h2-12,22H,13-16H2,1H3,(H,28,33)(H,29,34)/t22-/m0/s1. The number of rotatable bonds is 9. The molecule has 5 rings (SSSR count). The Morgan fingerprint density at radius 3 is 2.58 bits per heavy atom. The van der Waals surface area contributed by atoms with Crippen LogP contribution >= 0.6 is 11.8 Å². The Balaban J connectivity index is 1.24. The molecule has 2 aromatic carbocycles. The minimum absolute atomic E-state index is 0.0474. The number of furan rings is 1. The molecule has 1 atom stereocenters. The molecule has 0 saturated heterocycles. The van der Waals surface area contributed by atoms with Gasteiger partial charge >= 0.3 is 0 Å². The molecular formula is C27H25N5O5S. The maximum Gasteiger partial charge on any atom is 0.259 e. The number of nitrogens with zero attached hydrogens (tertiary/aromatic N) is 3. The van der Waals surface area contributed by atoms with Crippen LogP contribution in [0.4, 0.5) is 5.69 Å². The van der Waals surface area contributed by atoms with Gasteiger partial charge in [-0.15, -0.1) is 0 Å². The number of carbonyl (C=O) groups is 3. The number of amides is 3. The first-order chi connectivity index (χ1) is 18.5. The molecule has 0 spiro atoms. The van der Waals surface area contributed by atoms with Gasteiger partial charge in [-0.05, 0) is 42.0 Å². The predicted octanol–water partition coefficient (Wildman–Crippen LogP) is 3.00. The van der Waals surface area contributed by atoms with Crippen LogP contribution in [0.25, 0.3) is 0 Å². The molecule has 2 N–H and O–H groups in total. The number of methoxy groups -OCH3 is 1. The van der Waals surface area contributed by atoms with Gasteiger partial charge in [0.2, 0.25) is 11.8 Å². The number of fused-ring (bicyclic) bond motifs is 3. The first kappa shape index (κ1) is 25.3. The van der Waals surface area contributed by atoms with Gasteiger partial charge in [-0.25, -0.2) is 9.89 Å². The number of hydrogen-bond donors (Lipinski definition) is 2. The molecule has 10 nitrogen and oxygen atoms in total. The van der Waals surface area contributed by atoms with Gasteiger partial charge in [0.1, 0.15) is 23.4 Å². The van der Waals surface area contributed by atoms with E-state index in [1.807, 2.05) is 48.5 Å². The van der Waals surface area contributed by atoms with Crippen molar-refractivity contribution in [2.45, 2.75) is 25.6 Å². The van der Waals surface area contributed by atoms with Gasteiger partial charge in [0.25, 0.3) is 5.91 Å². The summed E-state index contributed by atoms with van der Waals surface area (Å²) >= 11 is 1.14. The van der Waals surface area contributed by atoms with Crippen LogP contribution in [0, 0.1) is 0 Å². The van der Waals surface area contributed by atoms with Crippen molar-refractivity contribution < 1.29 is 23.5 Å². The third-order valence-corrected chi connectivity index (χ3v) is 6.89. The zero-order valence-electron chi connectivity index (χ0n) is 20.5. The molecule has 38 heavy (non-hydrogen) atoms. The van der Waals surface area contributed by atoms with Gasteiger partial charge in [-0.1, -0.05) is 36.0 Å². The van der Waals surface area contributed by atoms with Crippen LogP contribution in [-0.4, -0.2) is 52.5 Å². The lowest BCUT2D eigenvalue weighted by molar-refractivity contribution is -0.128. The van der Waals surface area contributed by atoms with Gasteiger partial charge in [0.15, 0.2) is 5.17 Å². The van der Waals surface area contributed by atoms with Crippen molar-refractivity contribution in [3.8, 4) is 5.75 Å². The Labute approximate surface area is 223 Å². The van der Waals surface area contributed by atoms with Crippen molar-refractivity contribution in [2.75, 3.05) is 12.9 Å². The van der Waals surface area contributed by atoms with Crippen molar-refractivity contribution >= 4 is 46.2 Å². The number of hydrogen-bond acceptors (Lipinski definition) is 8. The first-order valence-corrected chi connectivity index (χ1v) is 12.9. The molecule has 0 radical (unpaired) electrons. The highest BCUT2D eigenvalue weighted by Crippen LogP contribution is 2.34. The summed E-state index contributed by atoms with van der Waals surface area (Å²) in [4.78, 5) is 49.1. The van der Waals surface area contributed by atoms with Crippen molar-refractivity contribution in [2.24, 2.45) is 9.98 Å². The summed E-state index contributed by atoms with van der Waals surface area (Å²) in [6.45, 7) is 0.591. The molecule has 0 saturated carbocycles. The number of para-hydroxylation sites is 1. The van der Waals surface area contributed by atoms with E-state index in [1.54, 1.807) is 25.5 Å². The van der Waals surface area contributed by atoms with Crippen LogP contribution in [0.3, 0.4) is 0 Å². The average molecular weight is 532 g/mol. The fraction of sp³-hybridized carbons (Fsp3) is 0.222. The molecule has 2 aliphatic rings. The van der Waals surface area contributed by atoms with Gasteiger partial charge in [-0.3, -0.25) is 19.4 Å². The quantitative estimate of drug-likeness (QED) is 0.437. The Morgan fingerprint density at radius 1 is 1.03 bits per heavy atom. The van der Waals surface area contributed by atoms with E-state index in [2.05, 4.69) is 20.6 Å². The second-order valence-electron chi connectivity index (χ2n) is 8.53. The first-order valence-electron chi connectivity index (χ1n) is 11.9. The molecule has 1 aromatic heterocycles. The zero-order valence-corrected chi connectivity index (χ0v) is 21.4. The largest absolute Gasteiger partial charge is 0.497 e. The summed E-state index contributed by atoms with van der Waals surface area (Å²) in [5, 5.41) is 5.98. The summed E-state index contributed by atoms with van der Waals surface area (Å²) in [6, 6.07) is 17.3. The Kier molecular flexibility index (Phi) is 7.55. The van der Waals surface area contributed by atoms with Crippen LogP contribution in [0.5, 0.6) is 5.75 Å². The number of ether oxygens (including phenoxy) is 1. The van der Waals surface area contributed by atoms with E-state index in [1.165, 1.54) is 4.90 Å². The van der Waals surface area contributed by atoms with E-state index in [9.17, 15) is 14.4 Å². The molecular weight excluding hydrogens is 506 g/mol. The van der Waals surface area contributed by atoms with E-state index in [0.29, 0.717) is 34.6 Å². The highest BCUT2D eigenvalue weighted by Gasteiger charge is 2.42. The molecule has 194 valence electrons. The van der Waals surface area contributed by atoms with E-state index in [4.69, 9.17) is 9.15 Å². The van der Waals surface area contributed by atoms with E-state index in [-0.39, 0.29) is 36.4 Å². The van der Waals surface area contributed by atoms with E-state index >= 15 is 0 Å². The second kappa shape index (κ2) is 11.3. The molecule has 3 aromatic rings. The predicted molar refractivity (Wildman–Crippen MR) is 143 cm³/mol. The number of nitrogens with one attached hydrogen (secondary N) is 2. The highest BCUT2D eigenvalue weighted by atomic mass is 32.2. The topological polar surface area (TPSA) is 126 Å². The second-order valence-corrected chi connectivity index (χ2v) is 9.47. The van der Waals surface area contributed by atoms with E-state index < -0.39 is 6.04 Å². The molecule has 0 aliphatic carbocycles. The van der Waals surface area contributed by atoms with Crippen LogP contribution in [0.1, 0.15) is 23.3 Å². The van der Waals surface area contributed by atoms with Crippen molar-refractivity contribution in [3.63, 3.8) is 0 Å². The average Bonchev–Trinajstić information content (AvgIpc) is 3.58. The molecule has 0 fully saturated rings. The fourth-order valence-corrected chi connectivity index (χ4v) is 4.83. The molecule has 3 heterocycles. The SMILES string of the molecule is COc1ccc(CNC(=O)C[C@@H]2N=C3c4ccccc4N=C(SCC(=O)NCc4ccco4)N3C2=O)cc1. The zero-order chi connectivity index (χ0) is 26.5. The molecule has 0 bridgehead atoms. The maximum atomic E-state index is 13.4. The smallest absolute Gasteiger partial charge is 0.259 e. The molecule has 11 heteroatoms. The maximum absolute atomic E-state index is 13.4. The van der Waals surface area contributed by atoms with Crippen LogP contribution in [0.2, 0.25) is 0 Å². The third kappa shape index (κ3) is 5.62. The third-order valence-electron chi connectivity index (χ3n) is 5.95. The molecule has 3 amide bonds. The number of thioether (sulfide) groups is 1. The lowest BCUT2D eigenvalue weighted by atomic mass is 10.1. The summed E-state index contributed by atoms with van der Waals surface area (Å²) in [7, 11) is 1.59. The van der Waals surface area contributed by atoms with Crippen LogP contribution in [-0.2, 0) is 27.5 Å². The van der Waals surface area contributed by atoms with E-state index in [0.717, 1.165) is 23.1 Å². The van der Waals surface area contributed by atoms with Crippen molar-refractivity contribution in [1.82, 2.24) is 15.5 Å². The van der Waals surface area contributed by atoms with Gasteiger partial charge in [0, 0.05) is 12.1 Å². The normalized spacial score (nSPS) is 15.8. The monoisotopic (exact) mass is 531 g/mol. The van der Waals surface area contributed by atoms with Crippen molar-refractivity contribution in [1.29, 1.82) is 0 Å². The minimum Gasteiger partial charge on any atom is -0.497 e. The Morgan fingerprint density at radius 2 is 1.82 bits per heavy atom. The number of amidine groups is 2. The number of aliphatic imine (C=N–C) groups is 2. The Bertz CT molecular complexity index is 1400. The Hall–Kier alpha value is -4.38. The number of carbonyl (C=O) groups excluding carboxylic acids is 3. The van der Waals surface area contributed by atoms with Crippen LogP contribution in [0.15, 0.2) is 81.3 Å². The summed E-state index contributed by atoms with van der Waals surface area (Å²) in [5.41, 5.74) is 2.26. The summed E-state index contributed by atoms with van der Waals surface area (Å²) in [6.07, 6.45) is 1.44. The van der Waals surface area contributed by atoms with Gasteiger partial charge in [0.05, 0.1) is 37.8 Å². The minimum atomic E-state index is -0.884. The molecule has 2 aliphatic heterocycles. The van der Waals surface area contributed by atoms with Gasteiger partial charge < -0.3 is 19.8 Å². The lowest BCUT2D eigenvalue weighted by Gasteiger charge is -2.25. The van der Waals surface area contributed by atoms with Crippen LogP contribution < -0.4 is 15.4 Å². The summed E-state index contributed by atoms with van der Waals surface area (Å²) in [5.74, 6) is 0.988. The fourth-order valence-electron chi connectivity index (χ4n) is 4.00. The summed E-state index contributed by atoms with van der Waals surface area (Å²) < 4.78 is 10.4. The number of benzene rings is 2.